The first-order chi connectivity index (χ1) is 6.15. The normalized spacial score (nSPS) is 12.9. The van der Waals surface area contributed by atoms with Crippen LogP contribution in [-0.2, 0) is 0 Å². The highest BCUT2D eigenvalue weighted by atomic mass is 19.1. The maximum Gasteiger partial charge on any atom is 0.126 e. The van der Waals surface area contributed by atoms with Crippen molar-refractivity contribution >= 4 is 0 Å². The monoisotopic (exact) mass is 181 g/mol. The van der Waals surface area contributed by atoms with Crippen molar-refractivity contribution in [2.24, 2.45) is 0 Å². The Morgan fingerprint density at radius 2 is 2.15 bits per heavy atom. The summed E-state index contributed by atoms with van der Waals surface area (Å²) in [5.74, 6) is -0.132. The summed E-state index contributed by atoms with van der Waals surface area (Å²) in [4.78, 5) is 0. The predicted octanol–water partition coefficient (Wildman–Crippen LogP) is 2.80. The van der Waals surface area contributed by atoms with E-state index >= 15 is 0 Å². The topological polar surface area (TPSA) is 12.0 Å². The smallest absolute Gasteiger partial charge is 0.126 e. The molecule has 2 heteroatoms. The molecule has 1 aromatic carbocycles. The zero-order valence-electron chi connectivity index (χ0n) is 8.39. The highest BCUT2D eigenvalue weighted by Gasteiger charge is 2.05. The Morgan fingerprint density at radius 3 is 2.69 bits per heavy atom. The first-order valence-electron chi connectivity index (χ1n) is 4.64. The second-order valence-electron chi connectivity index (χ2n) is 3.29. The number of halogens is 1. The predicted molar refractivity (Wildman–Crippen MR) is 53.2 cm³/mol. The van der Waals surface area contributed by atoms with Gasteiger partial charge in [-0.1, -0.05) is 19.1 Å². The maximum absolute atomic E-state index is 12.9. The molecular weight excluding hydrogens is 165 g/mol. The molecular formula is C11H16FN. The van der Waals surface area contributed by atoms with E-state index in [2.05, 4.69) is 19.2 Å². The Labute approximate surface area is 79.0 Å². The van der Waals surface area contributed by atoms with Crippen LogP contribution in [-0.4, -0.2) is 6.54 Å². The van der Waals surface area contributed by atoms with E-state index < -0.39 is 0 Å². The zero-order valence-corrected chi connectivity index (χ0v) is 8.39. The average molecular weight is 181 g/mol. The molecule has 1 unspecified atom stereocenters. The van der Waals surface area contributed by atoms with Crippen LogP contribution >= 0.6 is 0 Å². The molecule has 13 heavy (non-hydrogen) atoms. The van der Waals surface area contributed by atoms with Crippen molar-refractivity contribution in [3.05, 3.63) is 35.1 Å². The van der Waals surface area contributed by atoms with E-state index in [1.54, 1.807) is 6.92 Å². The van der Waals surface area contributed by atoms with Gasteiger partial charge in [-0.2, -0.15) is 0 Å². The van der Waals surface area contributed by atoms with E-state index in [1.807, 2.05) is 12.1 Å². The first kappa shape index (κ1) is 10.2. The van der Waals surface area contributed by atoms with E-state index in [0.717, 1.165) is 12.1 Å². The van der Waals surface area contributed by atoms with Gasteiger partial charge in [0.25, 0.3) is 0 Å². The molecule has 0 aromatic heterocycles. The Kier molecular flexibility index (Phi) is 3.43. The average Bonchev–Trinajstić information content (AvgIpc) is 2.10. The van der Waals surface area contributed by atoms with Crippen LogP contribution in [0.2, 0.25) is 0 Å². The number of hydrogen-bond acceptors (Lipinski definition) is 1. The third kappa shape index (κ3) is 2.52. The van der Waals surface area contributed by atoms with Gasteiger partial charge < -0.3 is 5.32 Å². The van der Waals surface area contributed by atoms with E-state index in [4.69, 9.17) is 0 Å². The molecule has 1 rings (SSSR count). The van der Waals surface area contributed by atoms with Gasteiger partial charge in [0, 0.05) is 6.04 Å². The third-order valence-electron chi connectivity index (χ3n) is 2.19. The Morgan fingerprint density at radius 1 is 1.46 bits per heavy atom. The van der Waals surface area contributed by atoms with E-state index in [-0.39, 0.29) is 5.82 Å². The van der Waals surface area contributed by atoms with Crippen LogP contribution in [0.25, 0.3) is 0 Å². The van der Waals surface area contributed by atoms with Gasteiger partial charge in [0.05, 0.1) is 0 Å². The van der Waals surface area contributed by atoms with Crippen molar-refractivity contribution in [2.75, 3.05) is 6.54 Å². The van der Waals surface area contributed by atoms with Crippen LogP contribution in [0.1, 0.15) is 31.0 Å². The Bertz CT molecular complexity index is 283. The van der Waals surface area contributed by atoms with Gasteiger partial charge in [0.15, 0.2) is 0 Å². The van der Waals surface area contributed by atoms with Crippen LogP contribution in [0.4, 0.5) is 4.39 Å². The molecule has 1 aromatic rings. The molecule has 0 aliphatic carbocycles. The minimum atomic E-state index is -0.132. The highest BCUT2D eigenvalue weighted by Crippen LogP contribution is 2.15. The maximum atomic E-state index is 12.9. The number of benzene rings is 1. The summed E-state index contributed by atoms with van der Waals surface area (Å²) >= 11 is 0. The van der Waals surface area contributed by atoms with Crippen molar-refractivity contribution in [3.63, 3.8) is 0 Å². The molecule has 0 radical (unpaired) electrons. The van der Waals surface area contributed by atoms with Crippen LogP contribution in [0.15, 0.2) is 18.2 Å². The fourth-order valence-electron chi connectivity index (χ4n) is 1.36. The number of hydrogen-bond donors (Lipinski definition) is 1. The quantitative estimate of drug-likeness (QED) is 0.756. The zero-order chi connectivity index (χ0) is 9.84. The summed E-state index contributed by atoms with van der Waals surface area (Å²) in [5, 5.41) is 3.29. The second-order valence-corrected chi connectivity index (χ2v) is 3.29. The molecule has 0 heterocycles. The van der Waals surface area contributed by atoms with Crippen molar-refractivity contribution in [2.45, 2.75) is 26.8 Å². The lowest BCUT2D eigenvalue weighted by Crippen LogP contribution is -2.17. The fraction of sp³-hybridized carbons (Fsp3) is 0.455. The summed E-state index contributed by atoms with van der Waals surface area (Å²) in [6.07, 6.45) is 0. The summed E-state index contributed by atoms with van der Waals surface area (Å²) in [6, 6.07) is 5.54. The standard InChI is InChI=1S/C11H16FN/c1-4-13-9(3)10-5-6-11(12)8(2)7-10/h5-7,9,13H,4H2,1-3H3. The molecule has 0 aliphatic heterocycles. The van der Waals surface area contributed by atoms with Crippen LogP contribution in [0.3, 0.4) is 0 Å². The summed E-state index contributed by atoms with van der Waals surface area (Å²) in [7, 11) is 0. The van der Waals surface area contributed by atoms with Gasteiger partial charge in [-0.25, -0.2) is 4.39 Å². The molecule has 0 fully saturated rings. The molecule has 0 bridgehead atoms. The summed E-state index contributed by atoms with van der Waals surface area (Å²) < 4.78 is 12.9. The SMILES string of the molecule is CCNC(C)c1ccc(F)c(C)c1. The summed E-state index contributed by atoms with van der Waals surface area (Å²) in [5.41, 5.74) is 1.85. The molecule has 1 nitrogen and oxygen atoms in total. The third-order valence-corrected chi connectivity index (χ3v) is 2.19. The van der Waals surface area contributed by atoms with E-state index in [0.29, 0.717) is 11.6 Å². The largest absolute Gasteiger partial charge is 0.310 e. The number of rotatable bonds is 3. The van der Waals surface area contributed by atoms with Gasteiger partial charge in [0.2, 0.25) is 0 Å². The first-order valence-corrected chi connectivity index (χ1v) is 4.64. The van der Waals surface area contributed by atoms with Crippen molar-refractivity contribution in [1.82, 2.24) is 5.32 Å². The molecule has 0 spiro atoms. The molecule has 1 atom stereocenters. The second kappa shape index (κ2) is 4.38. The van der Waals surface area contributed by atoms with Crippen molar-refractivity contribution < 1.29 is 4.39 Å². The van der Waals surface area contributed by atoms with E-state index in [9.17, 15) is 4.39 Å². The lowest BCUT2D eigenvalue weighted by molar-refractivity contribution is 0.588. The van der Waals surface area contributed by atoms with Gasteiger partial charge in [-0.3, -0.25) is 0 Å². The van der Waals surface area contributed by atoms with Gasteiger partial charge in [-0.15, -0.1) is 0 Å². The van der Waals surface area contributed by atoms with Crippen LogP contribution in [0, 0.1) is 12.7 Å². The van der Waals surface area contributed by atoms with Gasteiger partial charge in [-0.05, 0) is 37.6 Å². The fourth-order valence-corrected chi connectivity index (χ4v) is 1.36. The molecule has 0 saturated carbocycles. The molecule has 0 saturated heterocycles. The van der Waals surface area contributed by atoms with Crippen molar-refractivity contribution in [3.8, 4) is 0 Å². The number of nitrogens with one attached hydrogen (secondary N) is 1. The van der Waals surface area contributed by atoms with Gasteiger partial charge in [0.1, 0.15) is 5.82 Å². The molecule has 1 N–H and O–H groups in total. The van der Waals surface area contributed by atoms with Crippen LogP contribution < -0.4 is 5.32 Å². The minimum Gasteiger partial charge on any atom is -0.310 e. The lowest BCUT2D eigenvalue weighted by Gasteiger charge is -2.13. The Hall–Kier alpha value is -0.890. The van der Waals surface area contributed by atoms with E-state index in [1.165, 1.54) is 6.07 Å². The highest BCUT2D eigenvalue weighted by molar-refractivity contribution is 5.26. The lowest BCUT2D eigenvalue weighted by atomic mass is 10.1. The van der Waals surface area contributed by atoms with Gasteiger partial charge >= 0.3 is 0 Å². The minimum absolute atomic E-state index is 0.132. The Balaban J connectivity index is 2.84. The molecule has 0 aliphatic rings. The van der Waals surface area contributed by atoms with Crippen LogP contribution in [0.5, 0.6) is 0 Å². The number of aryl methyl sites for hydroxylation is 1. The molecule has 72 valence electrons. The van der Waals surface area contributed by atoms with Crippen molar-refractivity contribution in [1.29, 1.82) is 0 Å². The molecule has 0 amide bonds. The summed E-state index contributed by atoms with van der Waals surface area (Å²) in [6.45, 7) is 6.86.